The van der Waals surface area contributed by atoms with Crippen molar-refractivity contribution in [2.75, 3.05) is 6.54 Å². The zero-order valence-electron chi connectivity index (χ0n) is 3.24. The standard InChI is InChI=1S/C4H5ClN/c5-4-1-2-6-3-4/h1-2,6H,3H2. The quantitative estimate of drug-likeness (QED) is 0.479. The van der Waals surface area contributed by atoms with Gasteiger partial charge in [0.1, 0.15) is 0 Å². The molecule has 0 unspecified atom stereocenters. The van der Waals surface area contributed by atoms with E-state index >= 15 is 0 Å². The molecule has 1 aliphatic heterocycles. The van der Waals surface area contributed by atoms with Crippen LogP contribution in [0, 0.1) is 6.54 Å². The van der Waals surface area contributed by atoms with Gasteiger partial charge in [-0.3, -0.25) is 0 Å². The zero-order chi connectivity index (χ0) is 4.41. The zero-order valence-corrected chi connectivity index (χ0v) is 4.00. The van der Waals surface area contributed by atoms with Crippen molar-refractivity contribution in [1.82, 2.24) is 5.32 Å². The van der Waals surface area contributed by atoms with Crippen molar-refractivity contribution in [1.29, 1.82) is 0 Å². The van der Waals surface area contributed by atoms with Crippen molar-refractivity contribution in [3.63, 3.8) is 0 Å². The van der Waals surface area contributed by atoms with Crippen LogP contribution in [0.5, 0.6) is 0 Å². The summed E-state index contributed by atoms with van der Waals surface area (Å²) < 4.78 is 0. The molecule has 1 aliphatic rings. The molecule has 1 nitrogen and oxygen atoms in total. The van der Waals surface area contributed by atoms with Crippen molar-refractivity contribution in [3.05, 3.63) is 17.7 Å². The first kappa shape index (κ1) is 4.16. The SMILES string of the molecule is ClC1=C[CH]NC1. The Labute approximate surface area is 42.0 Å². The Morgan fingerprint density at radius 1 is 1.83 bits per heavy atom. The Morgan fingerprint density at radius 2 is 2.67 bits per heavy atom. The van der Waals surface area contributed by atoms with E-state index in [1.54, 1.807) is 0 Å². The molecule has 2 heteroatoms. The third-order valence-corrected chi connectivity index (χ3v) is 0.913. The van der Waals surface area contributed by atoms with E-state index in [0.717, 1.165) is 11.6 Å². The number of halogens is 1. The fourth-order valence-electron chi connectivity index (χ4n) is 0.365. The second-order valence-electron chi connectivity index (χ2n) is 1.16. The third kappa shape index (κ3) is 0.730. The van der Waals surface area contributed by atoms with E-state index in [9.17, 15) is 0 Å². The van der Waals surface area contributed by atoms with Gasteiger partial charge in [-0.05, 0) is 6.08 Å². The van der Waals surface area contributed by atoms with Gasteiger partial charge in [0.05, 0.1) is 0 Å². The lowest BCUT2D eigenvalue weighted by Gasteiger charge is -1.81. The molecule has 1 heterocycles. The van der Waals surface area contributed by atoms with Crippen molar-refractivity contribution in [2.24, 2.45) is 0 Å². The second kappa shape index (κ2) is 1.63. The molecule has 6 heavy (non-hydrogen) atoms. The molecule has 0 saturated heterocycles. The first-order valence-corrected chi connectivity index (χ1v) is 2.18. The summed E-state index contributed by atoms with van der Waals surface area (Å²) in [5.74, 6) is 0. The third-order valence-electron chi connectivity index (χ3n) is 0.653. The van der Waals surface area contributed by atoms with Crippen LogP contribution in [0.25, 0.3) is 0 Å². The van der Waals surface area contributed by atoms with Gasteiger partial charge in [-0.2, -0.15) is 0 Å². The Kier molecular flexibility index (Phi) is 1.13. The van der Waals surface area contributed by atoms with Crippen LogP contribution in [-0.2, 0) is 0 Å². The van der Waals surface area contributed by atoms with E-state index in [4.69, 9.17) is 11.6 Å². The highest BCUT2D eigenvalue weighted by atomic mass is 35.5. The number of hydrogen-bond donors (Lipinski definition) is 1. The molecule has 0 spiro atoms. The monoisotopic (exact) mass is 102 g/mol. The molecule has 0 amide bonds. The predicted octanol–water partition coefficient (Wildman–Crippen LogP) is 0.874. The highest BCUT2D eigenvalue weighted by Crippen LogP contribution is 2.04. The first-order valence-electron chi connectivity index (χ1n) is 1.81. The molecular formula is C4H5ClN. The lowest BCUT2D eigenvalue weighted by Crippen LogP contribution is -2.01. The van der Waals surface area contributed by atoms with E-state index in [1.807, 2.05) is 12.6 Å². The summed E-state index contributed by atoms with van der Waals surface area (Å²) >= 11 is 5.48. The molecule has 33 valence electrons. The van der Waals surface area contributed by atoms with Crippen LogP contribution in [0.4, 0.5) is 0 Å². The summed E-state index contributed by atoms with van der Waals surface area (Å²) in [5, 5.41) is 3.81. The van der Waals surface area contributed by atoms with Crippen LogP contribution in [0.2, 0.25) is 0 Å². The molecule has 0 bridgehead atoms. The van der Waals surface area contributed by atoms with Crippen LogP contribution in [-0.4, -0.2) is 6.54 Å². The first-order chi connectivity index (χ1) is 2.89. The van der Waals surface area contributed by atoms with E-state index in [0.29, 0.717) is 0 Å². The number of hydrogen-bond acceptors (Lipinski definition) is 1. The van der Waals surface area contributed by atoms with Gasteiger partial charge in [0.25, 0.3) is 0 Å². The van der Waals surface area contributed by atoms with Crippen molar-refractivity contribution >= 4 is 11.6 Å². The van der Waals surface area contributed by atoms with Gasteiger partial charge in [-0.1, -0.05) is 11.6 Å². The molecule has 0 fully saturated rings. The minimum Gasteiger partial charge on any atom is -0.304 e. The molecule has 0 saturated carbocycles. The summed E-state index contributed by atoms with van der Waals surface area (Å²) in [5.41, 5.74) is 0. The second-order valence-corrected chi connectivity index (χ2v) is 1.65. The molecular weight excluding hydrogens is 97.5 g/mol. The largest absolute Gasteiger partial charge is 0.304 e. The van der Waals surface area contributed by atoms with Gasteiger partial charge in [-0.25, -0.2) is 0 Å². The van der Waals surface area contributed by atoms with Gasteiger partial charge in [0.2, 0.25) is 0 Å². The Bertz CT molecular complexity index is 77.6. The van der Waals surface area contributed by atoms with Gasteiger partial charge in [0, 0.05) is 18.1 Å². The van der Waals surface area contributed by atoms with Crippen LogP contribution >= 0.6 is 11.6 Å². The van der Waals surface area contributed by atoms with Crippen LogP contribution in [0.1, 0.15) is 0 Å². The molecule has 0 aromatic rings. The molecule has 1 N–H and O–H groups in total. The van der Waals surface area contributed by atoms with Gasteiger partial charge < -0.3 is 5.32 Å². The average molecular weight is 103 g/mol. The Hall–Kier alpha value is -0.0100. The van der Waals surface area contributed by atoms with Gasteiger partial charge >= 0.3 is 0 Å². The van der Waals surface area contributed by atoms with E-state index in [2.05, 4.69) is 5.32 Å². The maximum absolute atomic E-state index is 5.48. The highest BCUT2D eigenvalue weighted by molar-refractivity contribution is 6.30. The summed E-state index contributed by atoms with van der Waals surface area (Å²) in [6, 6.07) is 0. The average Bonchev–Trinajstić information content (AvgIpc) is 1.86. The highest BCUT2D eigenvalue weighted by Gasteiger charge is 1.96. The summed E-state index contributed by atoms with van der Waals surface area (Å²) in [4.78, 5) is 0. The number of rotatable bonds is 0. The fraction of sp³-hybridized carbons (Fsp3) is 0.250. The molecule has 0 aliphatic carbocycles. The molecule has 1 rings (SSSR count). The molecule has 1 radical (unpaired) electrons. The van der Waals surface area contributed by atoms with E-state index < -0.39 is 0 Å². The minimum atomic E-state index is 0.807. The van der Waals surface area contributed by atoms with Crippen molar-refractivity contribution < 1.29 is 0 Å². The Morgan fingerprint density at radius 3 is 2.83 bits per heavy atom. The molecule has 0 atom stereocenters. The fourth-order valence-corrected chi connectivity index (χ4v) is 0.505. The van der Waals surface area contributed by atoms with Crippen LogP contribution < -0.4 is 5.32 Å². The van der Waals surface area contributed by atoms with E-state index in [-0.39, 0.29) is 0 Å². The smallest absolute Gasteiger partial charge is 0.0460 e. The minimum absolute atomic E-state index is 0.807. The van der Waals surface area contributed by atoms with Gasteiger partial charge in [0.15, 0.2) is 0 Å². The predicted molar refractivity (Wildman–Crippen MR) is 26.2 cm³/mol. The lowest BCUT2D eigenvalue weighted by atomic mass is 10.6. The molecule has 0 aromatic carbocycles. The topological polar surface area (TPSA) is 12.0 Å². The summed E-state index contributed by atoms with van der Waals surface area (Å²) in [6.45, 7) is 2.64. The maximum atomic E-state index is 5.48. The number of nitrogens with one attached hydrogen (secondary N) is 1. The van der Waals surface area contributed by atoms with Crippen molar-refractivity contribution in [3.8, 4) is 0 Å². The van der Waals surface area contributed by atoms with Crippen LogP contribution in [0.3, 0.4) is 0 Å². The van der Waals surface area contributed by atoms with Gasteiger partial charge in [-0.15, -0.1) is 0 Å². The van der Waals surface area contributed by atoms with E-state index in [1.165, 1.54) is 0 Å². The van der Waals surface area contributed by atoms with Crippen molar-refractivity contribution in [2.45, 2.75) is 0 Å². The lowest BCUT2D eigenvalue weighted by molar-refractivity contribution is 0.970. The Balaban J connectivity index is 2.45. The molecule has 0 aromatic heterocycles. The maximum Gasteiger partial charge on any atom is 0.0460 e. The summed E-state index contributed by atoms with van der Waals surface area (Å²) in [7, 11) is 0. The normalized spacial score (nSPS) is 21.2. The summed E-state index contributed by atoms with van der Waals surface area (Å²) in [6.07, 6.45) is 1.85. The van der Waals surface area contributed by atoms with Crippen LogP contribution in [0.15, 0.2) is 11.1 Å².